The van der Waals surface area contributed by atoms with Gasteiger partial charge in [-0.05, 0) is 94.0 Å². The van der Waals surface area contributed by atoms with Crippen LogP contribution < -0.4 is 10.1 Å². The number of benzene rings is 3. The minimum Gasteiger partial charge on any atom is -0.478 e. The minimum atomic E-state index is -0.906. The van der Waals surface area contributed by atoms with E-state index in [0.29, 0.717) is 23.9 Å². The number of fused-ring (bicyclic) bond motifs is 1. The lowest BCUT2D eigenvalue weighted by atomic mass is 10.0. The van der Waals surface area contributed by atoms with Gasteiger partial charge in [0.2, 0.25) is 5.91 Å². The van der Waals surface area contributed by atoms with Crippen molar-refractivity contribution in [2.24, 2.45) is 0 Å². The molecule has 2 N–H and O–H groups in total. The molecule has 1 fully saturated rings. The van der Waals surface area contributed by atoms with Crippen molar-refractivity contribution in [2.45, 2.75) is 32.4 Å². The van der Waals surface area contributed by atoms with Gasteiger partial charge in [0.15, 0.2) is 0 Å². The molecular weight excluding hydrogens is 512 g/mol. The fourth-order valence-corrected chi connectivity index (χ4v) is 5.72. The Morgan fingerprint density at radius 2 is 1.74 bits per heavy atom. The molecule has 9 heteroatoms. The van der Waals surface area contributed by atoms with E-state index in [9.17, 15) is 9.59 Å². The fourth-order valence-electron chi connectivity index (χ4n) is 4.91. The first-order chi connectivity index (χ1) is 18.8. The molecule has 0 bridgehead atoms. The standard InChI is InChI=1S/C30H32N4O4S/c1-20-31-27-17-26(11-12-28(27)39-20)38-25-9-7-23(8-10-25)32-29(35)19-33(2)24-13-15-34(16-14-24)18-21-3-5-22(6-4-21)30(36)37/h3-12,17,24H,13-16,18-19H2,1-2H3,(H,32,35)(H,36,37). The maximum absolute atomic E-state index is 12.7. The van der Waals surface area contributed by atoms with Gasteiger partial charge in [0, 0.05) is 24.3 Å². The molecule has 1 amide bonds. The monoisotopic (exact) mass is 544 g/mol. The molecule has 2 heterocycles. The first kappa shape index (κ1) is 26.8. The zero-order valence-electron chi connectivity index (χ0n) is 22.1. The highest BCUT2D eigenvalue weighted by molar-refractivity contribution is 7.18. The maximum atomic E-state index is 12.7. The third kappa shape index (κ3) is 7.00. The van der Waals surface area contributed by atoms with E-state index in [1.807, 2.05) is 68.6 Å². The van der Waals surface area contributed by atoms with E-state index in [4.69, 9.17) is 9.84 Å². The molecular formula is C30H32N4O4S. The summed E-state index contributed by atoms with van der Waals surface area (Å²) in [7, 11) is 2.00. The summed E-state index contributed by atoms with van der Waals surface area (Å²) < 4.78 is 7.11. The molecule has 1 aliphatic heterocycles. The number of anilines is 1. The topological polar surface area (TPSA) is 95.0 Å². The predicted octanol–water partition coefficient (Wildman–Crippen LogP) is 5.63. The van der Waals surface area contributed by atoms with Gasteiger partial charge < -0.3 is 15.2 Å². The lowest BCUT2D eigenvalue weighted by Gasteiger charge is -2.36. The van der Waals surface area contributed by atoms with E-state index < -0.39 is 5.97 Å². The molecule has 0 saturated carbocycles. The molecule has 5 rings (SSSR count). The number of piperidine rings is 1. The van der Waals surface area contributed by atoms with Crippen molar-refractivity contribution in [1.29, 1.82) is 0 Å². The highest BCUT2D eigenvalue weighted by atomic mass is 32.1. The average molecular weight is 545 g/mol. The van der Waals surface area contributed by atoms with Gasteiger partial charge in [0.05, 0.1) is 27.3 Å². The van der Waals surface area contributed by atoms with Crippen LogP contribution in [0.1, 0.15) is 33.8 Å². The normalized spacial score (nSPS) is 14.5. The van der Waals surface area contributed by atoms with Crippen LogP contribution >= 0.6 is 11.3 Å². The number of carboxylic acids is 1. The summed E-state index contributed by atoms with van der Waals surface area (Å²) >= 11 is 1.66. The molecule has 1 aliphatic rings. The lowest BCUT2D eigenvalue weighted by molar-refractivity contribution is -0.117. The Kier molecular flexibility index (Phi) is 8.21. The number of thiazole rings is 1. The molecule has 8 nitrogen and oxygen atoms in total. The third-order valence-corrected chi connectivity index (χ3v) is 7.97. The van der Waals surface area contributed by atoms with Gasteiger partial charge in [-0.2, -0.15) is 0 Å². The van der Waals surface area contributed by atoms with Crippen LogP contribution in [-0.4, -0.2) is 64.5 Å². The van der Waals surface area contributed by atoms with E-state index >= 15 is 0 Å². The Morgan fingerprint density at radius 3 is 2.44 bits per heavy atom. The number of carboxylic acid groups (broad SMARTS) is 1. The van der Waals surface area contributed by atoms with E-state index in [1.54, 1.807) is 23.5 Å². The molecule has 1 aromatic heterocycles. The molecule has 202 valence electrons. The number of amides is 1. The molecule has 0 radical (unpaired) electrons. The van der Waals surface area contributed by atoms with E-state index in [0.717, 1.165) is 64.7 Å². The van der Waals surface area contributed by atoms with Gasteiger partial charge in [-0.25, -0.2) is 9.78 Å². The second kappa shape index (κ2) is 11.9. The largest absolute Gasteiger partial charge is 0.478 e. The van der Waals surface area contributed by atoms with Crippen LogP contribution in [0, 0.1) is 6.92 Å². The number of hydrogen-bond donors (Lipinski definition) is 2. The second-order valence-electron chi connectivity index (χ2n) is 9.96. The van der Waals surface area contributed by atoms with E-state index in [1.165, 1.54) is 0 Å². The van der Waals surface area contributed by atoms with Crippen LogP contribution in [0.5, 0.6) is 11.5 Å². The van der Waals surface area contributed by atoms with Gasteiger partial charge in [-0.3, -0.25) is 14.6 Å². The number of hydrogen-bond acceptors (Lipinski definition) is 7. The zero-order valence-corrected chi connectivity index (χ0v) is 22.9. The molecule has 0 aliphatic carbocycles. The zero-order chi connectivity index (χ0) is 27.4. The number of likely N-dealkylation sites (tertiary alicyclic amines) is 1. The highest BCUT2D eigenvalue weighted by Crippen LogP contribution is 2.29. The van der Waals surface area contributed by atoms with Gasteiger partial charge >= 0.3 is 5.97 Å². The summed E-state index contributed by atoms with van der Waals surface area (Å²) in [6, 6.07) is 20.7. The Morgan fingerprint density at radius 1 is 1.05 bits per heavy atom. The van der Waals surface area contributed by atoms with Crippen molar-refractivity contribution >= 4 is 39.1 Å². The third-order valence-electron chi connectivity index (χ3n) is 7.02. The molecule has 0 spiro atoms. The number of rotatable bonds is 9. The molecule has 39 heavy (non-hydrogen) atoms. The van der Waals surface area contributed by atoms with Crippen LogP contribution in [0.15, 0.2) is 66.7 Å². The van der Waals surface area contributed by atoms with Crippen molar-refractivity contribution in [3.05, 3.63) is 82.9 Å². The van der Waals surface area contributed by atoms with Crippen LogP contribution in [-0.2, 0) is 11.3 Å². The van der Waals surface area contributed by atoms with Crippen molar-refractivity contribution in [2.75, 3.05) is 32.0 Å². The number of carbonyl (C=O) groups excluding carboxylic acids is 1. The Hall–Kier alpha value is -3.79. The number of aromatic carboxylic acids is 1. The fraction of sp³-hybridized carbons (Fsp3) is 0.300. The maximum Gasteiger partial charge on any atom is 0.335 e. The van der Waals surface area contributed by atoms with Crippen molar-refractivity contribution in [3.8, 4) is 11.5 Å². The van der Waals surface area contributed by atoms with E-state index in [2.05, 4.69) is 20.1 Å². The highest BCUT2D eigenvalue weighted by Gasteiger charge is 2.24. The number of nitrogens with one attached hydrogen (secondary N) is 1. The Bertz CT molecular complexity index is 1440. The van der Waals surface area contributed by atoms with Gasteiger partial charge in [0.1, 0.15) is 11.5 Å². The molecule has 0 atom stereocenters. The van der Waals surface area contributed by atoms with E-state index in [-0.39, 0.29) is 5.91 Å². The lowest BCUT2D eigenvalue weighted by Crippen LogP contribution is -2.45. The summed E-state index contributed by atoms with van der Waals surface area (Å²) in [6.45, 7) is 5.00. The number of aryl methyl sites for hydroxylation is 1. The number of ether oxygens (including phenoxy) is 1. The summed E-state index contributed by atoms with van der Waals surface area (Å²) in [5, 5.41) is 13.1. The minimum absolute atomic E-state index is 0.0449. The SMILES string of the molecule is Cc1nc2cc(Oc3ccc(NC(=O)CN(C)C4CCN(Cc5ccc(C(=O)O)cc5)CC4)cc3)ccc2s1. The number of nitrogens with zero attached hydrogens (tertiary/aromatic N) is 3. The van der Waals surface area contributed by atoms with Crippen LogP contribution in [0.25, 0.3) is 10.2 Å². The Balaban J connectivity index is 1.06. The summed E-state index contributed by atoms with van der Waals surface area (Å²) in [5.74, 6) is 0.474. The first-order valence-corrected chi connectivity index (χ1v) is 13.8. The van der Waals surface area contributed by atoms with Crippen molar-refractivity contribution < 1.29 is 19.4 Å². The predicted molar refractivity (Wildman–Crippen MR) is 154 cm³/mol. The molecule has 0 unspecified atom stereocenters. The first-order valence-electron chi connectivity index (χ1n) is 13.0. The molecule has 3 aromatic carbocycles. The number of aromatic nitrogens is 1. The molecule has 1 saturated heterocycles. The molecule has 4 aromatic rings. The summed E-state index contributed by atoms with van der Waals surface area (Å²) in [4.78, 5) is 32.8. The van der Waals surface area contributed by atoms with Gasteiger partial charge in [-0.1, -0.05) is 12.1 Å². The van der Waals surface area contributed by atoms with Crippen molar-refractivity contribution in [3.63, 3.8) is 0 Å². The van der Waals surface area contributed by atoms with Gasteiger partial charge in [0.25, 0.3) is 0 Å². The summed E-state index contributed by atoms with van der Waals surface area (Å²) in [6.07, 6.45) is 1.96. The smallest absolute Gasteiger partial charge is 0.335 e. The van der Waals surface area contributed by atoms with Crippen LogP contribution in [0.2, 0.25) is 0 Å². The van der Waals surface area contributed by atoms with Crippen molar-refractivity contribution in [1.82, 2.24) is 14.8 Å². The number of likely N-dealkylation sites (N-methyl/N-ethyl adjacent to an activating group) is 1. The Labute approximate surface area is 231 Å². The van der Waals surface area contributed by atoms with Crippen LogP contribution in [0.3, 0.4) is 0 Å². The average Bonchev–Trinajstić information content (AvgIpc) is 3.29. The summed E-state index contributed by atoms with van der Waals surface area (Å²) in [5.41, 5.74) is 3.08. The van der Waals surface area contributed by atoms with Gasteiger partial charge in [-0.15, -0.1) is 11.3 Å². The number of carbonyl (C=O) groups is 2. The quantitative estimate of drug-likeness (QED) is 0.282. The van der Waals surface area contributed by atoms with Crippen LogP contribution in [0.4, 0.5) is 5.69 Å². The second-order valence-corrected chi connectivity index (χ2v) is 11.2.